The Bertz CT molecular complexity index is 810. The second-order valence-electron chi connectivity index (χ2n) is 6.29. The molecular weight excluding hydrogens is 304 g/mol. The van der Waals surface area contributed by atoms with Crippen molar-refractivity contribution >= 4 is 5.65 Å². The van der Waals surface area contributed by atoms with Crippen LogP contribution in [0, 0.1) is 5.92 Å². The fourth-order valence-electron chi connectivity index (χ4n) is 3.47. The van der Waals surface area contributed by atoms with Crippen molar-refractivity contribution in [1.29, 1.82) is 0 Å². The van der Waals surface area contributed by atoms with Crippen LogP contribution >= 0.6 is 0 Å². The van der Waals surface area contributed by atoms with Gasteiger partial charge in [-0.2, -0.15) is 5.10 Å². The third-order valence-electron chi connectivity index (χ3n) is 4.68. The SMILES string of the molecule is COCCN1CCC(Cn2ccnc2-c2cccc3ncnn23)C1. The van der Waals surface area contributed by atoms with E-state index in [0.29, 0.717) is 5.92 Å². The smallest absolute Gasteiger partial charge is 0.158 e. The summed E-state index contributed by atoms with van der Waals surface area (Å²) >= 11 is 0. The number of rotatable bonds is 6. The van der Waals surface area contributed by atoms with Crippen molar-refractivity contribution < 1.29 is 4.74 Å². The average Bonchev–Trinajstić information content (AvgIpc) is 3.33. The highest BCUT2D eigenvalue weighted by molar-refractivity contribution is 5.56. The molecule has 1 aliphatic rings. The van der Waals surface area contributed by atoms with Gasteiger partial charge in [0.1, 0.15) is 12.0 Å². The molecule has 0 aliphatic carbocycles. The number of pyridine rings is 1. The molecule has 1 atom stereocenters. The van der Waals surface area contributed by atoms with E-state index in [1.807, 2.05) is 28.9 Å². The highest BCUT2D eigenvalue weighted by Gasteiger charge is 2.23. The monoisotopic (exact) mass is 326 g/mol. The summed E-state index contributed by atoms with van der Waals surface area (Å²) in [4.78, 5) is 11.3. The molecule has 0 amide bonds. The van der Waals surface area contributed by atoms with Crippen LogP contribution in [-0.2, 0) is 11.3 Å². The Morgan fingerprint density at radius 3 is 3.17 bits per heavy atom. The van der Waals surface area contributed by atoms with E-state index in [9.17, 15) is 0 Å². The van der Waals surface area contributed by atoms with Crippen LogP contribution in [0.3, 0.4) is 0 Å². The number of hydrogen-bond donors (Lipinski definition) is 0. The Kier molecular flexibility index (Phi) is 4.27. The van der Waals surface area contributed by atoms with E-state index in [4.69, 9.17) is 4.74 Å². The zero-order valence-corrected chi connectivity index (χ0v) is 13.9. The first-order chi connectivity index (χ1) is 11.8. The third kappa shape index (κ3) is 2.92. The molecule has 1 unspecified atom stereocenters. The number of fused-ring (bicyclic) bond motifs is 1. The van der Waals surface area contributed by atoms with Gasteiger partial charge in [0.25, 0.3) is 0 Å². The van der Waals surface area contributed by atoms with Crippen molar-refractivity contribution in [2.24, 2.45) is 5.92 Å². The van der Waals surface area contributed by atoms with Gasteiger partial charge in [-0.1, -0.05) is 6.07 Å². The molecule has 7 nitrogen and oxygen atoms in total. The first kappa shape index (κ1) is 15.3. The van der Waals surface area contributed by atoms with E-state index in [2.05, 4.69) is 30.7 Å². The van der Waals surface area contributed by atoms with Gasteiger partial charge in [-0.05, 0) is 31.0 Å². The van der Waals surface area contributed by atoms with Gasteiger partial charge in [0.15, 0.2) is 11.5 Å². The molecule has 24 heavy (non-hydrogen) atoms. The van der Waals surface area contributed by atoms with E-state index in [-0.39, 0.29) is 0 Å². The summed E-state index contributed by atoms with van der Waals surface area (Å²) in [5.74, 6) is 1.59. The van der Waals surface area contributed by atoms with Crippen LogP contribution in [0.5, 0.6) is 0 Å². The summed E-state index contributed by atoms with van der Waals surface area (Å²) in [7, 11) is 1.76. The summed E-state index contributed by atoms with van der Waals surface area (Å²) in [6, 6.07) is 5.99. The first-order valence-corrected chi connectivity index (χ1v) is 8.36. The molecule has 4 heterocycles. The van der Waals surface area contributed by atoms with Gasteiger partial charge in [0.05, 0.1) is 6.61 Å². The minimum Gasteiger partial charge on any atom is -0.383 e. The highest BCUT2D eigenvalue weighted by Crippen LogP contribution is 2.23. The largest absolute Gasteiger partial charge is 0.383 e. The number of ether oxygens (including phenoxy) is 1. The lowest BCUT2D eigenvalue weighted by atomic mass is 10.1. The quantitative estimate of drug-likeness (QED) is 0.688. The van der Waals surface area contributed by atoms with Gasteiger partial charge in [0.2, 0.25) is 0 Å². The molecule has 1 aliphatic heterocycles. The normalized spacial score (nSPS) is 18.6. The summed E-state index contributed by atoms with van der Waals surface area (Å²) in [5.41, 5.74) is 1.82. The second kappa shape index (κ2) is 6.70. The van der Waals surface area contributed by atoms with Gasteiger partial charge >= 0.3 is 0 Å². The van der Waals surface area contributed by atoms with Crippen LogP contribution < -0.4 is 0 Å². The van der Waals surface area contributed by atoms with Crippen LogP contribution in [0.4, 0.5) is 0 Å². The van der Waals surface area contributed by atoms with Gasteiger partial charge < -0.3 is 14.2 Å². The predicted octanol–water partition coefficient (Wildman–Crippen LogP) is 1.56. The van der Waals surface area contributed by atoms with E-state index in [1.165, 1.54) is 6.42 Å². The maximum absolute atomic E-state index is 5.18. The van der Waals surface area contributed by atoms with Gasteiger partial charge in [-0.3, -0.25) is 0 Å². The molecule has 0 bridgehead atoms. The third-order valence-corrected chi connectivity index (χ3v) is 4.68. The lowest BCUT2D eigenvalue weighted by Crippen LogP contribution is -2.25. The lowest BCUT2D eigenvalue weighted by molar-refractivity contribution is 0.158. The molecule has 7 heteroatoms. The molecule has 0 spiro atoms. The molecule has 3 aromatic rings. The predicted molar refractivity (Wildman–Crippen MR) is 90.6 cm³/mol. The molecule has 0 aromatic carbocycles. The average molecular weight is 326 g/mol. The fraction of sp³-hybridized carbons (Fsp3) is 0.471. The lowest BCUT2D eigenvalue weighted by Gasteiger charge is -2.16. The van der Waals surface area contributed by atoms with Crippen molar-refractivity contribution in [3.05, 3.63) is 36.9 Å². The topological polar surface area (TPSA) is 60.5 Å². The number of aromatic nitrogens is 5. The number of imidazole rings is 1. The van der Waals surface area contributed by atoms with Crippen molar-refractivity contribution in [3.8, 4) is 11.5 Å². The van der Waals surface area contributed by atoms with Crippen molar-refractivity contribution in [3.63, 3.8) is 0 Å². The summed E-state index contributed by atoms with van der Waals surface area (Å²) in [6.45, 7) is 5.06. The van der Waals surface area contributed by atoms with Gasteiger partial charge in [0, 0.05) is 39.1 Å². The summed E-state index contributed by atoms with van der Waals surface area (Å²) in [6.07, 6.45) is 6.72. The Labute approximate surface area is 140 Å². The number of hydrogen-bond acceptors (Lipinski definition) is 5. The Balaban J connectivity index is 1.53. The number of nitrogens with zero attached hydrogens (tertiary/aromatic N) is 6. The Morgan fingerprint density at radius 2 is 2.25 bits per heavy atom. The molecule has 3 aromatic heterocycles. The number of methoxy groups -OCH3 is 1. The molecule has 1 fully saturated rings. The molecule has 1 saturated heterocycles. The van der Waals surface area contributed by atoms with Crippen LogP contribution in [0.2, 0.25) is 0 Å². The zero-order chi connectivity index (χ0) is 16.4. The minimum absolute atomic E-state index is 0.643. The van der Waals surface area contributed by atoms with E-state index in [1.54, 1.807) is 13.4 Å². The Hall–Kier alpha value is -2.25. The Morgan fingerprint density at radius 1 is 1.29 bits per heavy atom. The molecule has 4 rings (SSSR count). The number of likely N-dealkylation sites (tertiary alicyclic amines) is 1. The molecular formula is C17H22N6O. The maximum Gasteiger partial charge on any atom is 0.158 e. The van der Waals surface area contributed by atoms with Crippen LogP contribution in [0.1, 0.15) is 6.42 Å². The van der Waals surface area contributed by atoms with Crippen molar-refractivity contribution in [2.45, 2.75) is 13.0 Å². The van der Waals surface area contributed by atoms with E-state index < -0.39 is 0 Å². The van der Waals surface area contributed by atoms with Crippen LogP contribution in [0.25, 0.3) is 17.2 Å². The minimum atomic E-state index is 0.643. The first-order valence-electron chi connectivity index (χ1n) is 8.36. The standard InChI is InChI=1S/C17H22N6O/c1-24-10-9-21-7-5-14(11-21)12-22-8-6-18-17(22)15-3-2-4-16-19-13-20-23(15)16/h2-4,6,8,13-14H,5,7,9-12H2,1H3. The van der Waals surface area contributed by atoms with Gasteiger partial charge in [-0.15, -0.1) is 0 Å². The van der Waals surface area contributed by atoms with Gasteiger partial charge in [-0.25, -0.2) is 14.5 Å². The fourth-order valence-corrected chi connectivity index (χ4v) is 3.47. The molecule has 0 radical (unpaired) electrons. The second-order valence-corrected chi connectivity index (χ2v) is 6.29. The zero-order valence-electron chi connectivity index (χ0n) is 13.9. The molecule has 126 valence electrons. The van der Waals surface area contributed by atoms with Crippen LogP contribution in [0.15, 0.2) is 36.9 Å². The summed E-state index contributed by atoms with van der Waals surface area (Å²) in [5, 5.41) is 4.32. The van der Waals surface area contributed by atoms with E-state index >= 15 is 0 Å². The molecule has 0 N–H and O–H groups in total. The summed E-state index contributed by atoms with van der Waals surface area (Å²) < 4.78 is 9.27. The van der Waals surface area contributed by atoms with Crippen molar-refractivity contribution in [2.75, 3.05) is 33.4 Å². The van der Waals surface area contributed by atoms with Crippen LogP contribution in [-0.4, -0.2) is 62.4 Å². The molecule has 0 saturated carbocycles. The highest BCUT2D eigenvalue weighted by atomic mass is 16.5. The van der Waals surface area contributed by atoms with Crippen molar-refractivity contribution in [1.82, 2.24) is 29.0 Å². The maximum atomic E-state index is 5.18. The van der Waals surface area contributed by atoms with E-state index in [0.717, 1.165) is 50.0 Å².